The van der Waals surface area contributed by atoms with Crippen molar-refractivity contribution in [2.45, 2.75) is 136 Å². The number of hydrogen-bond acceptors (Lipinski definition) is 3. The van der Waals surface area contributed by atoms with E-state index in [0.717, 1.165) is 41.9 Å². The smallest absolute Gasteiger partial charge is 0.244 e. The molecule has 4 heteroatoms. The lowest BCUT2D eigenvalue weighted by Gasteiger charge is -2.43. The number of anilines is 5. The van der Waals surface area contributed by atoms with Crippen LogP contribution in [-0.2, 0) is 27.1 Å². The molecule has 8 aromatic rings. The van der Waals surface area contributed by atoms with Crippen LogP contribution in [0.5, 0.6) is 0 Å². The molecule has 0 unspecified atom stereocenters. The normalized spacial score (nSPS) is 17.9. The average Bonchev–Trinajstić information content (AvgIpc) is 3.63. The predicted molar refractivity (Wildman–Crippen MR) is 281 cm³/mol. The molecule has 3 nitrogen and oxygen atoms in total. The summed E-state index contributed by atoms with van der Waals surface area (Å²) in [6, 6.07) is 44.1. The molecule has 1 aromatic heterocycles. The molecule has 0 spiro atoms. The number of nitrogens with one attached hydrogen (secondary N) is 1. The number of benzene rings is 7. The van der Waals surface area contributed by atoms with E-state index in [-0.39, 0.29) is 27.1 Å². The van der Waals surface area contributed by atoms with Crippen LogP contribution in [0.2, 0.25) is 0 Å². The Morgan fingerprint density at radius 3 is 1.78 bits per heavy atom. The number of hydrogen-bond donors (Lipinski definition) is 1. The summed E-state index contributed by atoms with van der Waals surface area (Å²) in [5, 5.41) is 10.1. The van der Waals surface area contributed by atoms with Crippen LogP contribution in [0.25, 0.3) is 43.6 Å². The van der Waals surface area contributed by atoms with Crippen molar-refractivity contribution in [3.8, 4) is 11.1 Å². The van der Waals surface area contributed by atoms with Gasteiger partial charge in [-0.25, -0.2) is 0 Å². The fourth-order valence-electron chi connectivity index (χ4n) is 11.9. The van der Waals surface area contributed by atoms with Crippen LogP contribution in [0.1, 0.15) is 135 Å². The molecule has 7 aromatic carbocycles. The first kappa shape index (κ1) is 41.9. The van der Waals surface area contributed by atoms with E-state index < -0.39 is 0 Å². The summed E-state index contributed by atoms with van der Waals surface area (Å²) < 4.78 is 7.35. The van der Waals surface area contributed by atoms with E-state index in [1.165, 1.54) is 100 Å². The minimum atomic E-state index is 0.0421. The van der Waals surface area contributed by atoms with Gasteiger partial charge in [0.05, 0.1) is 11.3 Å². The van der Waals surface area contributed by atoms with Crippen LogP contribution < -0.4 is 21.3 Å². The second-order valence-corrected chi connectivity index (χ2v) is 23.6. The van der Waals surface area contributed by atoms with Crippen molar-refractivity contribution in [3.05, 3.63) is 149 Å². The minimum absolute atomic E-state index is 0.0421. The van der Waals surface area contributed by atoms with E-state index in [1.807, 2.05) is 0 Å². The zero-order valence-corrected chi connectivity index (χ0v) is 40.9. The lowest BCUT2D eigenvalue weighted by atomic mass is 9.60. The van der Waals surface area contributed by atoms with E-state index in [9.17, 15) is 0 Å². The number of furan rings is 1. The van der Waals surface area contributed by atoms with Crippen molar-refractivity contribution in [2.24, 2.45) is 0 Å². The highest BCUT2D eigenvalue weighted by Gasteiger charge is 2.42. The molecular formula is C61H65BN2O. The van der Waals surface area contributed by atoms with Gasteiger partial charge in [0.25, 0.3) is 0 Å². The molecule has 1 N–H and O–H groups in total. The van der Waals surface area contributed by atoms with Crippen LogP contribution in [-0.4, -0.2) is 7.28 Å². The molecule has 2 heterocycles. The lowest BCUT2D eigenvalue weighted by molar-refractivity contribution is 0.332. The highest BCUT2D eigenvalue weighted by Crippen LogP contribution is 2.54. The van der Waals surface area contributed by atoms with Crippen molar-refractivity contribution < 1.29 is 4.42 Å². The van der Waals surface area contributed by atoms with E-state index in [1.54, 1.807) is 0 Å². The van der Waals surface area contributed by atoms with Crippen molar-refractivity contribution in [2.75, 3.05) is 10.2 Å². The zero-order valence-electron chi connectivity index (χ0n) is 40.9. The summed E-state index contributed by atoms with van der Waals surface area (Å²) in [6.07, 6.45) is 4.67. The fraction of sp³-hybridized carbons (Fsp3) is 0.344. The van der Waals surface area contributed by atoms with Crippen molar-refractivity contribution in [1.29, 1.82) is 0 Å². The molecule has 11 rings (SSSR count). The second-order valence-electron chi connectivity index (χ2n) is 23.6. The Labute approximate surface area is 387 Å². The number of nitrogens with zero attached hydrogens (tertiary/aromatic N) is 1. The van der Waals surface area contributed by atoms with Gasteiger partial charge in [-0.15, -0.1) is 0 Å². The standard InChI is InChI=1S/C61H65BN2O/c1-36-31-45-47(60(9,10)29-27-58(45,5)6)34-50(36)64-54-42-20-16-14-18-38(42)32-44(52-41-19-15-13-17-37(41)21-26-49(52)63-40-24-22-39(23-25-40)57(2,3)4)53(54)62-56-55(64)43-33-46-48(35-51(43)65-56)61(11,12)30-28-59(46,7)8/h13-26,31-35,62-63H,27-30H2,1-12H3. The van der Waals surface area contributed by atoms with Gasteiger partial charge < -0.3 is 14.6 Å². The van der Waals surface area contributed by atoms with Gasteiger partial charge in [-0.3, -0.25) is 0 Å². The Morgan fingerprint density at radius 1 is 0.569 bits per heavy atom. The molecule has 0 fully saturated rings. The Balaban J connectivity index is 1.24. The topological polar surface area (TPSA) is 28.4 Å². The van der Waals surface area contributed by atoms with Crippen LogP contribution in [0.4, 0.5) is 28.4 Å². The predicted octanol–water partition coefficient (Wildman–Crippen LogP) is 15.6. The quantitative estimate of drug-likeness (QED) is 0.179. The highest BCUT2D eigenvalue weighted by atomic mass is 16.3. The van der Waals surface area contributed by atoms with Crippen LogP contribution in [0.15, 0.2) is 120 Å². The summed E-state index contributed by atoms with van der Waals surface area (Å²) >= 11 is 0. The summed E-state index contributed by atoms with van der Waals surface area (Å²) in [5.74, 6) is 0. The molecule has 3 aliphatic rings. The van der Waals surface area contributed by atoms with Crippen molar-refractivity contribution >= 4 is 79.4 Å². The fourth-order valence-corrected chi connectivity index (χ4v) is 11.9. The van der Waals surface area contributed by atoms with Gasteiger partial charge >= 0.3 is 0 Å². The maximum Gasteiger partial charge on any atom is 0.244 e. The molecule has 0 radical (unpaired) electrons. The van der Waals surface area contributed by atoms with Crippen LogP contribution in [0.3, 0.4) is 0 Å². The third kappa shape index (κ3) is 6.59. The first-order valence-corrected chi connectivity index (χ1v) is 24.2. The van der Waals surface area contributed by atoms with Crippen LogP contribution >= 0.6 is 0 Å². The molecule has 0 amide bonds. The van der Waals surface area contributed by atoms with E-state index in [0.29, 0.717) is 7.28 Å². The zero-order chi connectivity index (χ0) is 45.6. The summed E-state index contributed by atoms with van der Waals surface area (Å²) in [4.78, 5) is 2.66. The molecule has 1 aliphatic heterocycles. The Morgan fingerprint density at radius 2 is 1.14 bits per heavy atom. The van der Waals surface area contributed by atoms with E-state index in [4.69, 9.17) is 4.42 Å². The SMILES string of the molecule is Cc1cc2c(cc1N1c3c(c(-c4c(Nc5ccc(C(C)(C)C)cc5)ccc5ccccc45)cc4ccccc34)Bc3oc4cc5c(cc4c31)C(C)(C)CCC5(C)C)C(C)(C)CCC2(C)C. The highest BCUT2D eigenvalue weighted by molar-refractivity contribution is 6.73. The maximum atomic E-state index is 7.35. The van der Waals surface area contributed by atoms with Gasteiger partial charge in [0.2, 0.25) is 7.28 Å². The molecular weight excluding hydrogens is 787 g/mol. The summed E-state index contributed by atoms with van der Waals surface area (Å²) in [6.45, 7) is 28.7. The van der Waals surface area contributed by atoms with Gasteiger partial charge in [-0.2, -0.15) is 0 Å². The largest absolute Gasteiger partial charge is 0.469 e. The third-order valence-corrected chi connectivity index (χ3v) is 16.3. The lowest BCUT2D eigenvalue weighted by Crippen LogP contribution is -2.41. The Hall–Kier alpha value is -5.74. The van der Waals surface area contributed by atoms with E-state index in [2.05, 4.69) is 209 Å². The summed E-state index contributed by atoms with van der Waals surface area (Å²) in [5.41, 5.74) is 20.4. The van der Waals surface area contributed by atoms with Gasteiger partial charge in [-0.05, 0) is 163 Å². The molecule has 0 atom stereocenters. The molecule has 65 heavy (non-hydrogen) atoms. The van der Waals surface area contributed by atoms with Crippen LogP contribution in [0, 0.1) is 6.92 Å². The first-order valence-electron chi connectivity index (χ1n) is 24.2. The molecule has 0 bridgehead atoms. The third-order valence-electron chi connectivity index (χ3n) is 16.3. The van der Waals surface area contributed by atoms with Gasteiger partial charge in [-0.1, -0.05) is 149 Å². The minimum Gasteiger partial charge on any atom is -0.469 e. The number of fused-ring (bicyclic) bond motifs is 9. The van der Waals surface area contributed by atoms with Crippen molar-refractivity contribution in [1.82, 2.24) is 0 Å². The Bertz CT molecular complexity index is 3260. The maximum absolute atomic E-state index is 7.35. The Kier molecular flexibility index (Phi) is 9.12. The van der Waals surface area contributed by atoms with E-state index >= 15 is 0 Å². The number of rotatable bonds is 4. The van der Waals surface area contributed by atoms with Gasteiger partial charge in [0.1, 0.15) is 5.58 Å². The van der Waals surface area contributed by atoms with Gasteiger partial charge in [0, 0.05) is 39.1 Å². The van der Waals surface area contributed by atoms with Crippen molar-refractivity contribution in [3.63, 3.8) is 0 Å². The second kappa shape index (κ2) is 14.1. The van der Waals surface area contributed by atoms with Gasteiger partial charge in [0.15, 0.2) is 0 Å². The summed E-state index contributed by atoms with van der Waals surface area (Å²) in [7, 11) is 0.679. The molecule has 328 valence electrons. The number of aryl methyl sites for hydroxylation is 1. The molecule has 0 saturated heterocycles. The molecule has 0 saturated carbocycles. The monoisotopic (exact) mass is 853 g/mol. The average molecular weight is 853 g/mol. The molecule has 2 aliphatic carbocycles. The first-order chi connectivity index (χ1) is 30.7.